The van der Waals surface area contributed by atoms with Crippen LogP contribution in [0, 0.1) is 5.92 Å². The minimum atomic E-state index is -0.138. The third-order valence-corrected chi connectivity index (χ3v) is 3.95. The molecule has 0 amide bonds. The molecule has 112 valence electrons. The first-order valence-corrected chi connectivity index (χ1v) is 7.71. The highest BCUT2D eigenvalue weighted by molar-refractivity contribution is 6.31. The molecule has 0 saturated carbocycles. The predicted molar refractivity (Wildman–Crippen MR) is 93.4 cm³/mol. The molecule has 4 heteroatoms. The predicted octanol–water partition coefficient (Wildman–Crippen LogP) is 4.20. The summed E-state index contributed by atoms with van der Waals surface area (Å²) in [6.45, 7) is 4.20. The second-order valence-electron chi connectivity index (χ2n) is 5.73. The van der Waals surface area contributed by atoms with E-state index in [0.29, 0.717) is 10.9 Å². The molecule has 2 aromatic carbocycles. The van der Waals surface area contributed by atoms with E-state index in [0.717, 1.165) is 22.5 Å². The van der Waals surface area contributed by atoms with Crippen LogP contribution in [0.15, 0.2) is 58.5 Å². The Bertz CT molecular complexity index is 748. The van der Waals surface area contributed by atoms with Crippen molar-refractivity contribution < 1.29 is 0 Å². The van der Waals surface area contributed by atoms with Gasteiger partial charge in [-0.1, -0.05) is 55.8 Å². The minimum absolute atomic E-state index is 0.138. The zero-order chi connectivity index (χ0) is 15.7. The summed E-state index contributed by atoms with van der Waals surface area (Å²) in [6, 6.07) is 15.6. The summed E-state index contributed by atoms with van der Waals surface area (Å²) in [7, 11) is 0. The van der Waals surface area contributed by atoms with Crippen molar-refractivity contribution in [3.8, 4) is 0 Å². The van der Waals surface area contributed by atoms with Gasteiger partial charge in [-0.3, -0.25) is 4.99 Å². The fourth-order valence-electron chi connectivity index (χ4n) is 2.59. The number of hydrogen-bond donors (Lipinski definition) is 1. The molecule has 0 aliphatic carbocycles. The topological polar surface area (TPSA) is 50.7 Å². The summed E-state index contributed by atoms with van der Waals surface area (Å²) < 4.78 is 0. The van der Waals surface area contributed by atoms with E-state index in [9.17, 15) is 0 Å². The van der Waals surface area contributed by atoms with E-state index in [2.05, 4.69) is 18.8 Å². The van der Waals surface area contributed by atoms with E-state index < -0.39 is 0 Å². The zero-order valence-electron chi connectivity index (χ0n) is 12.6. The van der Waals surface area contributed by atoms with Gasteiger partial charge in [-0.05, 0) is 24.1 Å². The molecule has 2 aromatic rings. The molecular weight excluding hydrogens is 294 g/mol. The molecule has 2 N–H and O–H groups in total. The van der Waals surface area contributed by atoms with Gasteiger partial charge in [0.05, 0.1) is 11.4 Å². The SMILES string of the molecule is CC(C)[C@@H]1N=C(c2ccccc2)c2cc(Cl)ccc2N=C1N. The van der Waals surface area contributed by atoms with Crippen LogP contribution in [0.25, 0.3) is 0 Å². The fourth-order valence-corrected chi connectivity index (χ4v) is 2.76. The lowest BCUT2D eigenvalue weighted by molar-refractivity contribution is 0.595. The third-order valence-electron chi connectivity index (χ3n) is 3.71. The molecule has 0 aromatic heterocycles. The van der Waals surface area contributed by atoms with Gasteiger partial charge < -0.3 is 5.73 Å². The van der Waals surface area contributed by atoms with Crippen molar-refractivity contribution in [1.29, 1.82) is 0 Å². The van der Waals surface area contributed by atoms with Crippen molar-refractivity contribution in [3.63, 3.8) is 0 Å². The molecular formula is C18H18ClN3. The Morgan fingerprint density at radius 1 is 1.09 bits per heavy atom. The van der Waals surface area contributed by atoms with Crippen molar-refractivity contribution in [2.24, 2.45) is 21.6 Å². The van der Waals surface area contributed by atoms with Crippen LogP contribution in [0.4, 0.5) is 5.69 Å². The van der Waals surface area contributed by atoms with E-state index in [-0.39, 0.29) is 12.0 Å². The van der Waals surface area contributed by atoms with Crippen molar-refractivity contribution in [2.45, 2.75) is 19.9 Å². The highest BCUT2D eigenvalue weighted by Crippen LogP contribution is 2.30. The monoisotopic (exact) mass is 311 g/mol. The van der Waals surface area contributed by atoms with Gasteiger partial charge in [0.15, 0.2) is 0 Å². The number of benzene rings is 2. The number of amidine groups is 1. The van der Waals surface area contributed by atoms with Crippen molar-refractivity contribution in [3.05, 3.63) is 64.7 Å². The Labute approximate surface area is 135 Å². The van der Waals surface area contributed by atoms with Crippen LogP contribution in [-0.2, 0) is 0 Å². The standard InChI is InChI=1S/C18H18ClN3/c1-11(2)16-18(20)21-15-9-8-13(19)10-14(15)17(22-16)12-6-4-3-5-7-12/h3-11,16H,1-2H3,(H2,20,21)/t16-/m0/s1. The maximum atomic E-state index is 6.18. The molecule has 22 heavy (non-hydrogen) atoms. The van der Waals surface area contributed by atoms with Gasteiger partial charge in [0.25, 0.3) is 0 Å². The lowest BCUT2D eigenvalue weighted by Gasteiger charge is -2.16. The number of nitrogens with two attached hydrogens (primary N) is 1. The van der Waals surface area contributed by atoms with Crippen LogP contribution in [-0.4, -0.2) is 17.6 Å². The Morgan fingerprint density at radius 3 is 2.50 bits per heavy atom. The first-order valence-electron chi connectivity index (χ1n) is 7.33. The number of nitrogens with zero attached hydrogens (tertiary/aromatic N) is 2. The molecule has 0 unspecified atom stereocenters. The zero-order valence-corrected chi connectivity index (χ0v) is 13.4. The van der Waals surface area contributed by atoms with Gasteiger partial charge >= 0.3 is 0 Å². The Kier molecular flexibility index (Phi) is 3.99. The molecule has 1 atom stereocenters. The molecule has 1 aliphatic rings. The average Bonchev–Trinajstić information content (AvgIpc) is 2.64. The van der Waals surface area contributed by atoms with E-state index in [1.165, 1.54) is 0 Å². The highest BCUT2D eigenvalue weighted by atomic mass is 35.5. The Morgan fingerprint density at radius 2 is 1.82 bits per heavy atom. The Hall–Kier alpha value is -2.13. The summed E-state index contributed by atoms with van der Waals surface area (Å²) in [4.78, 5) is 9.49. The van der Waals surface area contributed by atoms with Crippen LogP contribution in [0.5, 0.6) is 0 Å². The number of aliphatic imine (C=N–C) groups is 2. The first kappa shape index (κ1) is 14.8. The molecule has 0 fully saturated rings. The lowest BCUT2D eigenvalue weighted by Crippen LogP contribution is -2.32. The summed E-state index contributed by atoms with van der Waals surface area (Å²) in [5.41, 5.74) is 9.85. The van der Waals surface area contributed by atoms with E-state index in [1.807, 2.05) is 48.5 Å². The Balaban J connectivity index is 2.26. The average molecular weight is 312 g/mol. The quantitative estimate of drug-likeness (QED) is 0.887. The molecule has 0 saturated heterocycles. The maximum absolute atomic E-state index is 6.18. The van der Waals surface area contributed by atoms with Gasteiger partial charge in [-0.25, -0.2) is 4.99 Å². The summed E-state index contributed by atoms with van der Waals surface area (Å²) in [6.07, 6.45) is 0. The number of rotatable bonds is 2. The largest absolute Gasteiger partial charge is 0.385 e. The summed E-state index contributed by atoms with van der Waals surface area (Å²) >= 11 is 6.18. The number of hydrogen-bond acceptors (Lipinski definition) is 3. The number of fused-ring (bicyclic) bond motifs is 1. The molecule has 0 spiro atoms. The van der Waals surface area contributed by atoms with Crippen LogP contribution in [0.2, 0.25) is 5.02 Å². The van der Waals surface area contributed by atoms with E-state index in [4.69, 9.17) is 22.3 Å². The van der Waals surface area contributed by atoms with Gasteiger partial charge in [0, 0.05) is 16.1 Å². The molecule has 0 radical (unpaired) electrons. The van der Waals surface area contributed by atoms with Crippen LogP contribution < -0.4 is 5.73 Å². The van der Waals surface area contributed by atoms with Crippen LogP contribution in [0.1, 0.15) is 25.0 Å². The second-order valence-corrected chi connectivity index (χ2v) is 6.17. The van der Waals surface area contributed by atoms with Gasteiger partial charge in [-0.15, -0.1) is 0 Å². The molecule has 0 bridgehead atoms. The summed E-state index contributed by atoms with van der Waals surface area (Å²) in [5, 5.41) is 0.666. The van der Waals surface area contributed by atoms with Gasteiger partial charge in [0.1, 0.15) is 11.9 Å². The maximum Gasteiger partial charge on any atom is 0.125 e. The molecule has 1 aliphatic heterocycles. The van der Waals surface area contributed by atoms with Crippen LogP contribution >= 0.6 is 11.6 Å². The van der Waals surface area contributed by atoms with Gasteiger partial charge in [-0.2, -0.15) is 0 Å². The normalized spacial score (nSPS) is 17.5. The minimum Gasteiger partial charge on any atom is -0.385 e. The molecule has 3 rings (SSSR count). The first-order chi connectivity index (χ1) is 10.6. The molecule has 1 heterocycles. The number of halogens is 1. The van der Waals surface area contributed by atoms with Gasteiger partial charge in [0.2, 0.25) is 0 Å². The van der Waals surface area contributed by atoms with Crippen molar-refractivity contribution in [2.75, 3.05) is 0 Å². The highest BCUT2D eigenvalue weighted by Gasteiger charge is 2.24. The third kappa shape index (κ3) is 2.77. The lowest BCUT2D eigenvalue weighted by atomic mass is 9.99. The van der Waals surface area contributed by atoms with E-state index in [1.54, 1.807) is 0 Å². The van der Waals surface area contributed by atoms with E-state index >= 15 is 0 Å². The van der Waals surface area contributed by atoms with Crippen LogP contribution in [0.3, 0.4) is 0 Å². The van der Waals surface area contributed by atoms with Crippen molar-refractivity contribution in [1.82, 2.24) is 0 Å². The smallest absolute Gasteiger partial charge is 0.125 e. The second kappa shape index (κ2) is 5.93. The molecule has 3 nitrogen and oxygen atoms in total. The van der Waals surface area contributed by atoms with Crippen molar-refractivity contribution >= 4 is 28.8 Å². The summed E-state index contributed by atoms with van der Waals surface area (Å²) in [5.74, 6) is 0.816. The fraction of sp³-hybridized carbons (Fsp3) is 0.222.